The number of nitrogens with zero attached hydrogens (tertiary/aromatic N) is 1. The van der Waals surface area contributed by atoms with Crippen molar-refractivity contribution in [3.63, 3.8) is 0 Å². The zero-order valence-electron chi connectivity index (χ0n) is 24.0. The molecule has 0 fully saturated rings. The van der Waals surface area contributed by atoms with E-state index in [2.05, 4.69) is 42.5 Å². The van der Waals surface area contributed by atoms with Gasteiger partial charge in [0.15, 0.2) is 0 Å². The standard InChI is InChI=1S/C35H39ClN2O2S/c1-24(34(37)39)31-11-5-4-9-26(31)15-19-33(41-21-7-20-35(2,3)40)28-10-6-8-25(22-28)12-17-30-18-14-27-13-16-29(36)23-32(27)38-30/h4-6,8-14,16-18,22-24,33,40H,7,15,19-21H2,1-3H3,(H2,37,39)/t24?,33-/m0/s1. The van der Waals surface area contributed by atoms with Crippen LogP contribution in [0.25, 0.3) is 23.1 Å². The number of carbonyl (C=O) groups is 1. The van der Waals surface area contributed by atoms with E-state index in [-0.39, 0.29) is 17.1 Å². The smallest absolute Gasteiger partial charge is 0.224 e. The van der Waals surface area contributed by atoms with Gasteiger partial charge < -0.3 is 10.8 Å². The lowest BCUT2D eigenvalue weighted by Gasteiger charge is -2.21. The number of hydrogen-bond acceptors (Lipinski definition) is 4. The number of rotatable bonds is 13. The average molecular weight is 587 g/mol. The maximum absolute atomic E-state index is 11.9. The highest BCUT2D eigenvalue weighted by molar-refractivity contribution is 7.99. The third-order valence-corrected chi connectivity index (χ3v) is 8.95. The number of aliphatic hydroxyl groups is 1. The molecule has 0 bridgehead atoms. The summed E-state index contributed by atoms with van der Waals surface area (Å²) in [7, 11) is 0. The molecule has 6 heteroatoms. The second-order valence-corrected chi connectivity index (χ2v) is 13.0. The summed E-state index contributed by atoms with van der Waals surface area (Å²) in [6.45, 7) is 5.60. The van der Waals surface area contributed by atoms with Crippen molar-refractivity contribution in [3.05, 3.63) is 112 Å². The normalized spacial score (nSPS) is 13.5. The first-order valence-electron chi connectivity index (χ1n) is 14.1. The molecule has 4 nitrogen and oxygen atoms in total. The summed E-state index contributed by atoms with van der Waals surface area (Å²) in [6, 6.07) is 26.6. The van der Waals surface area contributed by atoms with E-state index in [0.717, 1.165) is 59.2 Å². The summed E-state index contributed by atoms with van der Waals surface area (Å²) in [5.41, 5.74) is 11.3. The van der Waals surface area contributed by atoms with Gasteiger partial charge in [-0.2, -0.15) is 11.8 Å². The van der Waals surface area contributed by atoms with Crippen molar-refractivity contribution in [2.24, 2.45) is 5.73 Å². The lowest BCUT2D eigenvalue weighted by Crippen LogP contribution is -2.20. The molecule has 0 radical (unpaired) electrons. The van der Waals surface area contributed by atoms with Crippen LogP contribution in [-0.4, -0.2) is 27.4 Å². The molecule has 1 amide bonds. The molecule has 41 heavy (non-hydrogen) atoms. The predicted molar refractivity (Wildman–Crippen MR) is 175 cm³/mol. The van der Waals surface area contributed by atoms with Crippen LogP contribution in [0, 0.1) is 0 Å². The molecule has 4 aromatic rings. The fourth-order valence-corrected chi connectivity index (χ4v) is 6.33. The summed E-state index contributed by atoms with van der Waals surface area (Å²) in [5.74, 6) is 0.327. The number of carbonyl (C=O) groups excluding carboxylic acids is 1. The average Bonchev–Trinajstić information content (AvgIpc) is 2.94. The number of hydrogen-bond donors (Lipinski definition) is 2. The molecule has 0 aliphatic heterocycles. The molecule has 2 atom stereocenters. The first-order valence-corrected chi connectivity index (χ1v) is 15.6. The van der Waals surface area contributed by atoms with Gasteiger partial charge in [-0.25, -0.2) is 4.98 Å². The molecule has 1 unspecified atom stereocenters. The van der Waals surface area contributed by atoms with Gasteiger partial charge in [0.2, 0.25) is 5.91 Å². The van der Waals surface area contributed by atoms with Gasteiger partial charge in [-0.15, -0.1) is 0 Å². The molecule has 214 valence electrons. The maximum Gasteiger partial charge on any atom is 0.224 e. The SMILES string of the molecule is CC(C(N)=O)c1ccccc1CC[C@H](SCCCC(C)(C)O)c1cccc(C=Cc2ccc3ccc(Cl)cc3n2)c1. The van der Waals surface area contributed by atoms with Crippen molar-refractivity contribution in [1.82, 2.24) is 4.98 Å². The Morgan fingerprint density at radius 3 is 2.61 bits per heavy atom. The van der Waals surface area contributed by atoms with Crippen molar-refractivity contribution in [2.75, 3.05) is 5.75 Å². The molecular weight excluding hydrogens is 548 g/mol. The fourth-order valence-electron chi connectivity index (χ4n) is 4.94. The Balaban J connectivity index is 1.53. The molecule has 0 aliphatic carbocycles. The third kappa shape index (κ3) is 9.19. The second-order valence-electron chi connectivity index (χ2n) is 11.2. The Labute approximate surface area is 253 Å². The Morgan fingerprint density at radius 2 is 1.83 bits per heavy atom. The number of halogens is 1. The Kier molecular flexibility index (Phi) is 10.7. The van der Waals surface area contributed by atoms with Gasteiger partial charge in [0.1, 0.15) is 0 Å². The van der Waals surface area contributed by atoms with Crippen molar-refractivity contribution in [1.29, 1.82) is 0 Å². The number of amides is 1. The number of aryl methyl sites for hydroxylation is 1. The zero-order valence-corrected chi connectivity index (χ0v) is 25.6. The second kappa shape index (κ2) is 14.2. The Bertz CT molecular complexity index is 1510. The predicted octanol–water partition coefficient (Wildman–Crippen LogP) is 8.61. The molecule has 3 aromatic carbocycles. The van der Waals surface area contributed by atoms with E-state index in [1.165, 1.54) is 11.1 Å². The molecule has 0 spiro atoms. The molecule has 0 saturated carbocycles. The number of nitrogens with two attached hydrogens (primary N) is 1. The number of aromatic nitrogens is 1. The molecule has 1 aromatic heterocycles. The van der Waals surface area contributed by atoms with Crippen LogP contribution in [0.2, 0.25) is 5.02 Å². The maximum atomic E-state index is 11.9. The van der Waals surface area contributed by atoms with E-state index in [1.54, 1.807) is 0 Å². The monoisotopic (exact) mass is 586 g/mol. The number of benzene rings is 3. The van der Waals surface area contributed by atoms with Crippen molar-refractivity contribution in [2.45, 2.75) is 63.2 Å². The minimum atomic E-state index is -0.660. The first-order chi connectivity index (χ1) is 19.6. The van der Waals surface area contributed by atoms with E-state index in [0.29, 0.717) is 5.02 Å². The molecular formula is C35H39ClN2O2S. The van der Waals surface area contributed by atoms with Crippen LogP contribution in [0.5, 0.6) is 0 Å². The highest BCUT2D eigenvalue weighted by atomic mass is 35.5. The molecule has 1 heterocycles. The van der Waals surface area contributed by atoms with Crippen LogP contribution in [0.15, 0.2) is 78.9 Å². The van der Waals surface area contributed by atoms with E-state index < -0.39 is 5.60 Å². The van der Waals surface area contributed by atoms with Crippen LogP contribution in [-0.2, 0) is 11.2 Å². The minimum Gasteiger partial charge on any atom is -0.390 e. The number of pyridine rings is 1. The lowest BCUT2D eigenvalue weighted by molar-refractivity contribution is -0.119. The summed E-state index contributed by atoms with van der Waals surface area (Å²) in [5, 5.41) is 12.2. The highest BCUT2D eigenvalue weighted by Gasteiger charge is 2.19. The first kappa shape index (κ1) is 30.8. The topological polar surface area (TPSA) is 76.2 Å². The Hall–Kier alpha value is -3.12. The van der Waals surface area contributed by atoms with Gasteiger partial charge in [-0.1, -0.05) is 78.3 Å². The van der Waals surface area contributed by atoms with Crippen molar-refractivity contribution >= 4 is 52.3 Å². The number of fused-ring (bicyclic) bond motifs is 1. The molecule has 0 aliphatic rings. The summed E-state index contributed by atoms with van der Waals surface area (Å²) in [4.78, 5) is 16.7. The van der Waals surface area contributed by atoms with Crippen LogP contribution < -0.4 is 5.73 Å². The largest absolute Gasteiger partial charge is 0.390 e. The van der Waals surface area contributed by atoms with E-state index in [9.17, 15) is 9.90 Å². The summed E-state index contributed by atoms with van der Waals surface area (Å²) >= 11 is 8.10. The number of primary amides is 1. The van der Waals surface area contributed by atoms with Gasteiger partial charge in [0.05, 0.1) is 22.7 Å². The molecule has 3 N–H and O–H groups in total. The van der Waals surface area contributed by atoms with E-state index in [4.69, 9.17) is 22.3 Å². The minimum absolute atomic E-state index is 0.267. The number of thioether (sulfide) groups is 1. The van der Waals surface area contributed by atoms with Gasteiger partial charge in [-0.3, -0.25) is 4.79 Å². The van der Waals surface area contributed by atoms with Crippen LogP contribution in [0.4, 0.5) is 0 Å². The summed E-state index contributed by atoms with van der Waals surface area (Å²) in [6.07, 6.45) is 7.61. The van der Waals surface area contributed by atoms with Crippen LogP contribution >= 0.6 is 23.4 Å². The van der Waals surface area contributed by atoms with Gasteiger partial charge in [0.25, 0.3) is 0 Å². The van der Waals surface area contributed by atoms with Gasteiger partial charge in [0, 0.05) is 15.7 Å². The van der Waals surface area contributed by atoms with E-state index in [1.807, 2.05) is 81.1 Å². The molecule has 0 saturated heterocycles. The van der Waals surface area contributed by atoms with E-state index >= 15 is 0 Å². The van der Waals surface area contributed by atoms with Gasteiger partial charge >= 0.3 is 0 Å². The molecule has 4 rings (SSSR count). The van der Waals surface area contributed by atoms with Crippen molar-refractivity contribution in [3.8, 4) is 0 Å². The third-order valence-electron chi connectivity index (χ3n) is 7.28. The fraction of sp³-hybridized carbons (Fsp3) is 0.314. The van der Waals surface area contributed by atoms with Gasteiger partial charge in [-0.05, 0) is 98.7 Å². The highest BCUT2D eigenvalue weighted by Crippen LogP contribution is 2.36. The van der Waals surface area contributed by atoms with Crippen LogP contribution in [0.1, 0.15) is 79.1 Å². The van der Waals surface area contributed by atoms with Crippen molar-refractivity contribution < 1.29 is 9.90 Å². The quantitative estimate of drug-likeness (QED) is 0.154. The zero-order chi connectivity index (χ0) is 29.4. The summed E-state index contributed by atoms with van der Waals surface area (Å²) < 4.78 is 0. The Morgan fingerprint density at radius 1 is 1.05 bits per heavy atom. The lowest BCUT2D eigenvalue weighted by atomic mass is 9.91. The van der Waals surface area contributed by atoms with Crippen LogP contribution in [0.3, 0.4) is 0 Å².